The van der Waals surface area contributed by atoms with Gasteiger partial charge in [0.1, 0.15) is 17.7 Å². The fourth-order valence-corrected chi connectivity index (χ4v) is 4.02. The Labute approximate surface area is 188 Å². The maximum absolute atomic E-state index is 14.7. The van der Waals surface area contributed by atoms with E-state index in [0.29, 0.717) is 6.07 Å². The third kappa shape index (κ3) is 4.22. The Morgan fingerprint density at radius 3 is 2.44 bits per heavy atom. The van der Waals surface area contributed by atoms with Crippen molar-refractivity contribution < 1.29 is 41.1 Å². The second-order valence-corrected chi connectivity index (χ2v) is 7.86. The highest BCUT2D eigenvalue weighted by Gasteiger charge is 2.44. The van der Waals surface area contributed by atoms with E-state index in [1.807, 2.05) is 0 Å². The molecule has 2 aromatic carbocycles. The minimum atomic E-state index is -5.08. The number of carbonyl (C=O) groups is 4. The van der Waals surface area contributed by atoms with Crippen molar-refractivity contribution in [3.8, 4) is 0 Å². The average Bonchev–Trinajstić information content (AvgIpc) is 3.06. The Hall–Kier alpha value is -3.83. The van der Waals surface area contributed by atoms with Gasteiger partial charge < -0.3 is 10.2 Å². The Morgan fingerprint density at radius 2 is 1.79 bits per heavy atom. The fraction of sp³-hybridized carbons (Fsp3) is 0.273. The summed E-state index contributed by atoms with van der Waals surface area (Å²) >= 11 is 0. The van der Waals surface area contributed by atoms with Crippen LogP contribution in [0.4, 0.5) is 22.0 Å². The summed E-state index contributed by atoms with van der Waals surface area (Å²) in [5, 5.41) is 3.72. The molecule has 2 aliphatic heterocycles. The number of carbonyl (C=O) groups excluding carboxylic acids is 4. The van der Waals surface area contributed by atoms with Crippen molar-refractivity contribution in [2.24, 2.45) is 0 Å². The van der Waals surface area contributed by atoms with Gasteiger partial charge >= 0.3 is 6.18 Å². The van der Waals surface area contributed by atoms with Crippen molar-refractivity contribution in [2.45, 2.75) is 37.6 Å². The van der Waals surface area contributed by atoms with Gasteiger partial charge in [0.2, 0.25) is 11.8 Å². The predicted octanol–water partition coefficient (Wildman–Crippen LogP) is 2.76. The lowest BCUT2D eigenvalue weighted by Crippen LogP contribution is -2.52. The summed E-state index contributed by atoms with van der Waals surface area (Å²) in [4.78, 5) is 49.8. The number of benzene rings is 2. The van der Waals surface area contributed by atoms with E-state index in [1.165, 1.54) is 6.07 Å². The molecule has 1 fully saturated rings. The van der Waals surface area contributed by atoms with E-state index in [9.17, 15) is 41.1 Å². The summed E-state index contributed by atoms with van der Waals surface area (Å²) in [6.45, 7) is -0.211. The van der Waals surface area contributed by atoms with Crippen LogP contribution in [0.25, 0.3) is 0 Å². The molecule has 2 aliphatic rings. The van der Waals surface area contributed by atoms with Gasteiger partial charge in [-0.2, -0.15) is 13.2 Å². The third-order valence-electron chi connectivity index (χ3n) is 5.67. The highest BCUT2D eigenvalue weighted by molar-refractivity contribution is 6.06. The van der Waals surface area contributed by atoms with Crippen molar-refractivity contribution in [1.29, 1.82) is 0 Å². The molecule has 2 aromatic rings. The number of imide groups is 1. The first-order valence-electron chi connectivity index (χ1n) is 10.1. The van der Waals surface area contributed by atoms with Crippen LogP contribution in [0.5, 0.6) is 0 Å². The average molecular weight is 481 g/mol. The Bertz CT molecular complexity index is 1210. The van der Waals surface area contributed by atoms with Crippen molar-refractivity contribution >= 4 is 23.6 Å². The summed E-state index contributed by atoms with van der Waals surface area (Å²) in [7, 11) is 0. The first kappa shape index (κ1) is 23.3. The highest BCUT2D eigenvalue weighted by Crippen LogP contribution is 2.35. The van der Waals surface area contributed by atoms with Gasteiger partial charge in [0.05, 0.1) is 5.56 Å². The number of amides is 4. The van der Waals surface area contributed by atoms with E-state index in [0.717, 1.165) is 29.2 Å². The summed E-state index contributed by atoms with van der Waals surface area (Å²) < 4.78 is 69.4. The quantitative estimate of drug-likeness (QED) is 0.519. The zero-order valence-electron chi connectivity index (χ0n) is 17.2. The zero-order chi connectivity index (χ0) is 24.8. The van der Waals surface area contributed by atoms with Crippen LogP contribution in [0.2, 0.25) is 0 Å². The molecule has 2 N–H and O–H groups in total. The molecule has 0 aromatic heterocycles. The van der Waals surface area contributed by atoms with E-state index in [2.05, 4.69) is 5.32 Å². The standard InChI is InChI=1S/C22H16F5N3O4/c23-14-4-2-1-3-11(14)18(22(25,26)27)29-19(32)13-7-10-9-30(21(34)12(10)8-15(13)24)16-5-6-17(31)28-20(16)33/h1-4,7-8,16,18H,5-6,9H2,(H,29,32)(H,28,31,33)/t16?,18-/m1/s1. The summed E-state index contributed by atoms with van der Waals surface area (Å²) in [6, 6.07) is 1.90. The van der Waals surface area contributed by atoms with Crippen LogP contribution in [0.15, 0.2) is 36.4 Å². The molecule has 0 aliphatic carbocycles. The topological polar surface area (TPSA) is 95.6 Å². The molecule has 0 saturated carbocycles. The lowest BCUT2D eigenvalue weighted by molar-refractivity contribution is -0.155. The van der Waals surface area contributed by atoms with Gasteiger partial charge in [-0.15, -0.1) is 0 Å². The van der Waals surface area contributed by atoms with E-state index in [-0.39, 0.29) is 30.5 Å². The number of fused-ring (bicyclic) bond motifs is 1. The van der Waals surface area contributed by atoms with Crippen LogP contribution in [0.1, 0.15) is 50.7 Å². The van der Waals surface area contributed by atoms with E-state index in [4.69, 9.17) is 0 Å². The number of nitrogens with zero attached hydrogens (tertiary/aromatic N) is 1. The molecule has 0 radical (unpaired) electrons. The number of hydrogen-bond donors (Lipinski definition) is 2. The monoisotopic (exact) mass is 481 g/mol. The van der Waals surface area contributed by atoms with E-state index in [1.54, 1.807) is 5.32 Å². The van der Waals surface area contributed by atoms with E-state index >= 15 is 0 Å². The molecule has 0 bridgehead atoms. The molecule has 4 rings (SSSR count). The number of nitrogens with one attached hydrogen (secondary N) is 2. The maximum Gasteiger partial charge on any atom is 0.412 e. The number of hydrogen-bond acceptors (Lipinski definition) is 4. The molecule has 1 saturated heterocycles. The first-order valence-corrected chi connectivity index (χ1v) is 10.1. The molecule has 34 heavy (non-hydrogen) atoms. The van der Waals surface area contributed by atoms with Crippen LogP contribution < -0.4 is 10.6 Å². The molecule has 2 atom stereocenters. The summed E-state index contributed by atoms with van der Waals surface area (Å²) in [6.07, 6.45) is -5.03. The fourth-order valence-electron chi connectivity index (χ4n) is 4.02. The van der Waals surface area contributed by atoms with Gasteiger partial charge in [0.15, 0.2) is 6.04 Å². The van der Waals surface area contributed by atoms with Crippen LogP contribution in [0.3, 0.4) is 0 Å². The van der Waals surface area contributed by atoms with Gasteiger partial charge in [-0.05, 0) is 30.2 Å². The molecule has 4 amide bonds. The Morgan fingerprint density at radius 1 is 1.09 bits per heavy atom. The number of halogens is 5. The molecule has 2 heterocycles. The predicted molar refractivity (Wildman–Crippen MR) is 105 cm³/mol. The first-order chi connectivity index (χ1) is 16.0. The van der Waals surface area contributed by atoms with Crippen LogP contribution in [0, 0.1) is 11.6 Å². The van der Waals surface area contributed by atoms with Crippen LogP contribution >= 0.6 is 0 Å². The molecule has 7 nitrogen and oxygen atoms in total. The second-order valence-electron chi connectivity index (χ2n) is 7.86. The van der Waals surface area contributed by atoms with Crippen molar-refractivity contribution in [1.82, 2.24) is 15.5 Å². The smallest absolute Gasteiger partial charge is 0.337 e. The van der Waals surface area contributed by atoms with Crippen molar-refractivity contribution in [3.63, 3.8) is 0 Å². The summed E-state index contributed by atoms with van der Waals surface area (Å²) in [5.74, 6) is -5.83. The number of piperidine rings is 1. The van der Waals surface area contributed by atoms with Gasteiger partial charge in [-0.3, -0.25) is 24.5 Å². The Balaban J connectivity index is 1.61. The lowest BCUT2D eigenvalue weighted by Gasteiger charge is -2.29. The molecule has 0 spiro atoms. The zero-order valence-corrected chi connectivity index (χ0v) is 17.2. The SMILES string of the molecule is O=C1CCC(N2Cc3cc(C(=O)N[C@H](c4ccccc4F)C(F)(F)F)c(F)cc3C2=O)C(=O)N1. The molecule has 178 valence electrons. The van der Waals surface area contributed by atoms with Crippen LogP contribution in [-0.4, -0.2) is 40.7 Å². The minimum absolute atomic E-state index is 0.00652. The second kappa shape index (κ2) is 8.50. The van der Waals surface area contributed by atoms with Gasteiger partial charge in [0, 0.05) is 24.1 Å². The molecular weight excluding hydrogens is 465 g/mol. The highest BCUT2D eigenvalue weighted by atomic mass is 19.4. The largest absolute Gasteiger partial charge is 0.412 e. The third-order valence-corrected chi connectivity index (χ3v) is 5.67. The van der Waals surface area contributed by atoms with Crippen LogP contribution in [-0.2, 0) is 16.1 Å². The minimum Gasteiger partial charge on any atom is -0.337 e. The van der Waals surface area contributed by atoms with Gasteiger partial charge in [-0.25, -0.2) is 8.78 Å². The Kier molecular flexibility index (Phi) is 5.84. The molecule has 1 unspecified atom stereocenters. The number of rotatable bonds is 4. The van der Waals surface area contributed by atoms with Gasteiger partial charge in [0.25, 0.3) is 11.8 Å². The van der Waals surface area contributed by atoms with E-state index < -0.39 is 64.7 Å². The maximum atomic E-state index is 14.7. The molecular formula is C22H16F5N3O4. The van der Waals surface area contributed by atoms with Crippen molar-refractivity contribution in [3.05, 3.63) is 70.3 Å². The lowest BCUT2D eigenvalue weighted by atomic mass is 10.0. The summed E-state index contributed by atoms with van der Waals surface area (Å²) in [5.41, 5.74) is -1.65. The number of alkyl halides is 3. The van der Waals surface area contributed by atoms with Crippen molar-refractivity contribution in [2.75, 3.05) is 0 Å². The van der Waals surface area contributed by atoms with Gasteiger partial charge in [-0.1, -0.05) is 18.2 Å². The molecule has 12 heteroatoms. The normalized spacial score (nSPS) is 19.0.